The molecule has 0 amide bonds. The van der Waals surface area contributed by atoms with Crippen molar-refractivity contribution in [2.75, 3.05) is 6.61 Å². The van der Waals surface area contributed by atoms with E-state index in [0.29, 0.717) is 6.61 Å². The fraction of sp³-hybridized carbons (Fsp3) is 0.500. The van der Waals surface area contributed by atoms with Gasteiger partial charge in [0.25, 0.3) is 0 Å². The van der Waals surface area contributed by atoms with E-state index < -0.39 is 36.6 Å². The first kappa shape index (κ1) is 17.4. The van der Waals surface area contributed by atoms with Crippen molar-refractivity contribution in [2.45, 2.75) is 45.1 Å². The van der Waals surface area contributed by atoms with E-state index in [1.165, 1.54) is 6.92 Å². The minimum atomic E-state index is -1.64. The van der Waals surface area contributed by atoms with Crippen molar-refractivity contribution in [1.82, 2.24) is 0 Å². The highest BCUT2D eigenvalue weighted by Gasteiger charge is 2.49. The summed E-state index contributed by atoms with van der Waals surface area (Å²) in [4.78, 5) is 22.1. The predicted molar refractivity (Wildman–Crippen MR) is 77.0 cm³/mol. The summed E-state index contributed by atoms with van der Waals surface area (Å²) < 4.78 is 34.8. The van der Waals surface area contributed by atoms with Gasteiger partial charge in [0.1, 0.15) is 6.10 Å². The van der Waals surface area contributed by atoms with Gasteiger partial charge in [0.15, 0.2) is 12.3 Å². The van der Waals surface area contributed by atoms with Crippen LogP contribution in [0.15, 0.2) is 30.3 Å². The van der Waals surface area contributed by atoms with Gasteiger partial charge in [0.05, 0.1) is 13.2 Å². The lowest BCUT2D eigenvalue weighted by Crippen LogP contribution is -2.36. The average Bonchev–Trinajstić information content (AvgIpc) is 2.76. The molecular weight excluding hydrogens is 307 g/mol. The van der Waals surface area contributed by atoms with Gasteiger partial charge in [-0.15, -0.1) is 0 Å². The van der Waals surface area contributed by atoms with E-state index >= 15 is 0 Å². The van der Waals surface area contributed by atoms with Gasteiger partial charge in [-0.3, -0.25) is 9.59 Å². The molecule has 23 heavy (non-hydrogen) atoms. The quantitative estimate of drug-likeness (QED) is 0.742. The molecule has 1 aromatic rings. The third-order valence-corrected chi connectivity index (χ3v) is 3.22. The largest absolute Gasteiger partial charge is 0.453 e. The number of carbonyl (C=O) groups excluding carboxylic acids is 2. The van der Waals surface area contributed by atoms with E-state index in [2.05, 4.69) is 0 Å². The van der Waals surface area contributed by atoms with Crippen molar-refractivity contribution < 1.29 is 32.9 Å². The van der Waals surface area contributed by atoms with E-state index in [4.69, 9.17) is 18.9 Å². The van der Waals surface area contributed by atoms with Crippen LogP contribution in [0.3, 0.4) is 0 Å². The Morgan fingerprint density at radius 1 is 1.13 bits per heavy atom. The molecule has 2 rings (SSSR count). The van der Waals surface area contributed by atoms with E-state index in [1.54, 1.807) is 0 Å². The third kappa shape index (κ3) is 5.01. The first-order valence-electron chi connectivity index (χ1n) is 7.23. The van der Waals surface area contributed by atoms with Gasteiger partial charge in [-0.05, 0) is 5.56 Å². The molecule has 0 bridgehead atoms. The summed E-state index contributed by atoms with van der Waals surface area (Å²) in [6.07, 6.45) is -5.18. The Balaban J connectivity index is 1.91. The first-order valence-corrected chi connectivity index (χ1v) is 7.23. The van der Waals surface area contributed by atoms with Crippen LogP contribution >= 0.6 is 0 Å². The topological polar surface area (TPSA) is 71.1 Å². The lowest BCUT2D eigenvalue weighted by atomic mass is 10.1. The first-order chi connectivity index (χ1) is 11.0. The zero-order chi connectivity index (χ0) is 16.8. The summed E-state index contributed by atoms with van der Waals surface area (Å²) in [7, 11) is 0. The van der Waals surface area contributed by atoms with Crippen LogP contribution in [0.4, 0.5) is 4.39 Å². The second-order valence-electron chi connectivity index (χ2n) is 5.17. The number of carbonyl (C=O) groups is 2. The number of hydrogen-bond acceptors (Lipinski definition) is 6. The summed E-state index contributed by atoms with van der Waals surface area (Å²) >= 11 is 0. The smallest absolute Gasteiger partial charge is 0.305 e. The van der Waals surface area contributed by atoms with Crippen LogP contribution in [-0.2, 0) is 35.1 Å². The van der Waals surface area contributed by atoms with Crippen molar-refractivity contribution in [1.29, 1.82) is 0 Å². The molecule has 4 atom stereocenters. The molecule has 1 saturated heterocycles. The molecule has 1 aliphatic heterocycles. The number of rotatable bonds is 6. The van der Waals surface area contributed by atoms with Gasteiger partial charge < -0.3 is 18.9 Å². The number of benzene rings is 1. The number of hydrogen-bond donors (Lipinski definition) is 0. The Hall–Kier alpha value is -1.99. The lowest BCUT2D eigenvalue weighted by molar-refractivity contribution is -0.196. The molecule has 0 N–H and O–H groups in total. The Morgan fingerprint density at radius 3 is 2.39 bits per heavy atom. The number of esters is 2. The molecule has 0 aliphatic carbocycles. The predicted octanol–water partition coefficient (Wildman–Crippen LogP) is 1.76. The number of halogens is 1. The maximum atomic E-state index is 14.4. The summed E-state index contributed by atoms with van der Waals surface area (Å²) in [6.45, 7) is 2.56. The van der Waals surface area contributed by atoms with Gasteiger partial charge >= 0.3 is 11.9 Å². The summed E-state index contributed by atoms with van der Waals surface area (Å²) in [5.41, 5.74) is 0.939. The maximum Gasteiger partial charge on any atom is 0.305 e. The Bertz CT molecular complexity index is 535. The lowest BCUT2D eigenvalue weighted by Gasteiger charge is -2.18. The molecule has 0 radical (unpaired) electrons. The van der Waals surface area contributed by atoms with E-state index in [9.17, 15) is 14.0 Å². The minimum Gasteiger partial charge on any atom is -0.453 e. The third-order valence-electron chi connectivity index (χ3n) is 3.22. The van der Waals surface area contributed by atoms with Crippen molar-refractivity contribution >= 4 is 11.9 Å². The highest BCUT2D eigenvalue weighted by Crippen LogP contribution is 2.28. The van der Waals surface area contributed by atoms with Crippen LogP contribution in [0.5, 0.6) is 0 Å². The van der Waals surface area contributed by atoms with Gasteiger partial charge in [-0.1, -0.05) is 30.3 Å². The molecule has 1 heterocycles. The summed E-state index contributed by atoms with van der Waals surface area (Å²) in [5.74, 6) is -1.32. The van der Waals surface area contributed by atoms with Crippen LogP contribution in [0.25, 0.3) is 0 Å². The van der Waals surface area contributed by atoms with Crippen molar-refractivity contribution in [2.24, 2.45) is 0 Å². The van der Waals surface area contributed by atoms with E-state index in [-0.39, 0.29) is 6.61 Å². The zero-order valence-electron chi connectivity index (χ0n) is 12.9. The van der Waals surface area contributed by atoms with Crippen molar-refractivity contribution in [3.63, 3.8) is 0 Å². The molecule has 1 fully saturated rings. The molecular formula is C16H19FO6. The van der Waals surface area contributed by atoms with Crippen molar-refractivity contribution in [3.8, 4) is 0 Å². The fourth-order valence-corrected chi connectivity index (χ4v) is 2.26. The van der Waals surface area contributed by atoms with Crippen LogP contribution in [0.2, 0.25) is 0 Å². The Labute approximate surface area is 133 Å². The number of ether oxygens (including phenoxy) is 4. The molecule has 126 valence electrons. The van der Waals surface area contributed by atoms with Gasteiger partial charge in [-0.2, -0.15) is 0 Å². The second kappa shape index (κ2) is 8.03. The maximum absolute atomic E-state index is 14.4. The molecule has 7 heteroatoms. The Kier molecular flexibility index (Phi) is 6.06. The Morgan fingerprint density at radius 2 is 1.78 bits per heavy atom. The second-order valence-corrected chi connectivity index (χ2v) is 5.17. The SMILES string of the molecule is CC(=O)OC1O[C@H](COCc2ccccc2)[C@@H](F)[C@H]1OC(C)=O. The molecule has 1 aliphatic rings. The van der Waals surface area contributed by atoms with Crippen LogP contribution in [0.1, 0.15) is 19.4 Å². The van der Waals surface area contributed by atoms with Gasteiger partial charge in [0.2, 0.25) is 6.29 Å². The normalized spacial score (nSPS) is 26.7. The van der Waals surface area contributed by atoms with Crippen LogP contribution < -0.4 is 0 Å². The number of alkyl halides is 1. The fourth-order valence-electron chi connectivity index (χ4n) is 2.26. The van der Waals surface area contributed by atoms with Crippen LogP contribution in [-0.4, -0.2) is 43.2 Å². The molecule has 0 spiro atoms. The van der Waals surface area contributed by atoms with Crippen LogP contribution in [0, 0.1) is 0 Å². The summed E-state index contributed by atoms with van der Waals surface area (Å²) in [6, 6.07) is 9.39. The van der Waals surface area contributed by atoms with Crippen molar-refractivity contribution in [3.05, 3.63) is 35.9 Å². The molecule has 1 aromatic carbocycles. The molecule has 0 aromatic heterocycles. The monoisotopic (exact) mass is 326 g/mol. The van der Waals surface area contributed by atoms with Gasteiger partial charge in [-0.25, -0.2) is 4.39 Å². The molecule has 1 unspecified atom stereocenters. The molecule has 0 saturated carbocycles. The highest BCUT2D eigenvalue weighted by molar-refractivity contribution is 5.67. The summed E-state index contributed by atoms with van der Waals surface area (Å²) in [5, 5.41) is 0. The standard InChI is InChI=1S/C16H19FO6/c1-10(18)21-15-14(17)13(23-16(15)22-11(2)19)9-20-8-12-6-4-3-5-7-12/h3-7,13-16H,8-9H2,1-2H3/t13-,14-,15-,16?/m1/s1. The van der Waals surface area contributed by atoms with E-state index in [1.807, 2.05) is 30.3 Å². The highest BCUT2D eigenvalue weighted by atomic mass is 19.1. The van der Waals surface area contributed by atoms with E-state index in [0.717, 1.165) is 12.5 Å². The van der Waals surface area contributed by atoms with Gasteiger partial charge in [0, 0.05) is 13.8 Å². The average molecular weight is 326 g/mol. The molecule has 6 nitrogen and oxygen atoms in total. The zero-order valence-corrected chi connectivity index (χ0v) is 12.9. The minimum absolute atomic E-state index is 0.0500.